The first kappa shape index (κ1) is 12.9. The Morgan fingerprint density at radius 3 is 2.14 bits per heavy atom. The van der Waals surface area contributed by atoms with Crippen molar-refractivity contribution in [3.63, 3.8) is 0 Å². The number of nitrogens with one attached hydrogen (secondary N) is 1. The van der Waals surface area contributed by atoms with Crippen molar-refractivity contribution >= 4 is 11.9 Å². The second-order valence-electron chi connectivity index (χ2n) is 3.28. The largest absolute Gasteiger partial charge is 0.481 e. The highest BCUT2D eigenvalue weighted by atomic mass is 16.4. The molecule has 0 unspecified atom stereocenters. The van der Waals surface area contributed by atoms with E-state index in [0.717, 1.165) is 0 Å². The van der Waals surface area contributed by atoms with Gasteiger partial charge in [0.15, 0.2) is 0 Å². The topological polar surface area (TPSA) is 86.6 Å². The third kappa shape index (κ3) is 4.81. The van der Waals surface area contributed by atoms with Gasteiger partial charge in [0.25, 0.3) is 0 Å². The van der Waals surface area contributed by atoms with Crippen LogP contribution in [0.3, 0.4) is 0 Å². The first-order valence-corrected chi connectivity index (χ1v) is 4.64. The van der Waals surface area contributed by atoms with Crippen molar-refractivity contribution in [1.29, 1.82) is 0 Å². The fraction of sp³-hybridized carbons (Fsp3) is 0.778. The Labute approximate surface area is 83.1 Å². The zero-order valence-corrected chi connectivity index (χ0v) is 8.54. The smallest absolute Gasteiger partial charge is 0.312 e. The Kier molecular flexibility index (Phi) is 5.15. The molecule has 0 radical (unpaired) electrons. The quantitative estimate of drug-likeness (QED) is 0.535. The van der Waals surface area contributed by atoms with Crippen LogP contribution >= 0.6 is 0 Å². The third-order valence-electron chi connectivity index (χ3n) is 2.24. The van der Waals surface area contributed by atoms with Gasteiger partial charge in [-0.3, -0.25) is 9.59 Å². The lowest BCUT2D eigenvalue weighted by atomic mass is 9.97. The van der Waals surface area contributed by atoms with Gasteiger partial charge < -0.3 is 15.5 Å². The van der Waals surface area contributed by atoms with Crippen LogP contribution in [0.1, 0.15) is 33.1 Å². The minimum Gasteiger partial charge on any atom is -0.481 e. The molecule has 5 nitrogen and oxygen atoms in total. The summed E-state index contributed by atoms with van der Waals surface area (Å²) in [5, 5.41) is 20.4. The van der Waals surface area contributed by atoms with Crippen molar-refractivity contribution in [1.82, 2.24) is 5.32 Å². The lowest BCUT2D eigenvalue weighted by Gasteiger charge is -2.25. The summed E-state index contributed by atoms with van der Waals surface area (Å²) in [5.74, 6) is -1.74. The average molecular weight is 203 g/mol. The number of amides is 1. The Morgan fingerprint density at radius 1 is 1.29 bits per heavy atom. The van der Waals surface area contributed by atoms with Crippen LogP contribution in [0.15, 0.2) is 0 Å². The maximum absolute atomic E-state index is 10.9. The van der Waals surface area contributed by atoms with Gasteiger partial charge >= 0.3 is 5.97 Å². The number of carboxylic acids is 1. The first-order valence-electron chi connectivity index (χ1n) is 4.64. The fourth-order valence-corrected chi connectivity index (χ4v) is 0.963. The molecule has 0 aromatic heterocycles. The van der Waals surface area contributed by atoms with Gasteiger partial charge in [-0.25, -0.2) is 0 Å². The molecule has 0 aromatic carbocycles. The second kappa shape index (κ2) is 5.59. The first-order chi connectivity index (χ1) is 6.43. The molecule has 0 atom stereocenters. The van der Waals surface area contributed by atoms with E-state index in [0.29, 0.717) is 12.8 Å². The number of rotatable bonds is 6. The minimum absolute atomic E-state index is 0.103. The second-order valence-corrected chi connectivity index (χ2v) is 3.28. The van der Waals surface area contributed by atoms with E-state index in [1.54, 1.807) is 0 Å². The van der Waals surface area contributed by atoms with Crippen molar-refractivity contribution < 1.29 is 19.8 Å². The van der Waals surface area contributed by atoms with Gasteiger partial charge in [0, 0.05) is 6.54 Å². The van der Waals surface area contributed by atoms with Crippen molar-refractivity contribution in [2.24, 2.45) is 0 Å². The summed E-state index contributed by atoms with van der Waals surface area (Å²) >= 11 is 0. The van der Waals surface area contributed by atoms with Crippen LogP contribution < -0.4 is 5.32 Å². The summed E-state index contributed by atoms with van der Waals surface area (Å²) in [4.78, 5) is 21.1. The lowest BCUT2D eigenvalue weighted by molar-refractivity contribution is -0.141. The average Bonchev–Trinajstić information content (AvgIpc) is 2.13. The van der Waals surface area contributed by atoms with Crippen LogP contribution in [0.2, 0.25) is 0 Å². The highest BCUT2D eigenvalue weighted by Gasteiger charge is 2.22. The van der Waals surface area contributed by atoms with Crippen molar-refractivity contribution in [2.45, 2.75) is 38.7 Å². The number of hydrogen-bond donors (Lipinski definition) is 3. The molecule has 0 aliphatic rings. The van der Waals surface area contributed by atoms with Gasteiger partial charge in [-0.1, -0.05) is 13.8 Å². The Balaban J connectivity index is 3.92. The molecule has 3 N–H and O–H groups in total. The van der Waals surface area contributed by atoms with Crippen molar-refractivity contribution in [3.05, 3.63) is 0 Å². The van der Waals surface area contributed by atoms with Crippen LogP contribution in [0, 0.1) is 0 Å². The van der Waals surface area contributed by atoms with Gasteiger partial charge in [0.1, 0.15) is 6.42 Å². The maximum atomic E-state index is 10.9. The molecular formula is C9H17NO4. The third-order valence-corrected chi connectivity index (χ3v) is 2.24. The molecule has 0 aromatic rings. The molecule has 0 saturated carbocycles. The lowest BCUT2D eigenvalue weighted by Crippen LogP contribution is -2.42. The van der Waals surface area contributed by atoms with E-state index < -0.39 is 23.9 Å². The summed E-state index contributed by atoms with van der Waals surface area (Å²) in [7, 11) is 0. The van der Waals surface area contributed by atoms with E-state index in [4.69, 9.17) is 5.11 Å². The summed E-state index contributed by atoms with van der Waals surface area (Å²) < 4.78 is 0. The van der Waals surface area contributed by atoms with Crippen molar-refractivity contribution in [2.75, 3.05) is 6.54 Å². The van der Waals surface area contributed by atoms with Crippen LogP contribution in [0.4, 0.5) is 0 Å². The molecule has 0 heterocycles. The number of carboxylic acid groups (broad SMARTS) is 1. The molecule has 0 fully saturated rings. The van der Waals surface area contributed by atoms with E-state index >= 15 is 0 Å². The van der Waals surface area contributed by atoms with E-state index in [1.807, 2.05) is 13.8 Å². The van der Waals surface area contributed by atoms with Gasteiger partial charge in [-0.05, 0) is 12.8 Å². The SMILES string of the molecule is CCC(O)(CC)CNC(=O)CC(=O)O. The molecule has 1 amide bonds. The predicted octanol–water partition coefficient (Wildman–Crippen LogP) is 0.128. The van der Waals surface area contributed by atoms with E-state index in [-0.39, 0.29) is 6.54 Å². The highest BCUT2D eigenvalue weighted by Crippen LogP contribution is 2.12. The van der Waals surface area contributed by atoms with Gasteiger partial charge in [0.05, 0.1) is 5.60 Å². The van der Waals surface area contributed by atoms with Gasteiger partial charge in [-0.2, -0.15) is 0 Å². The summed E-state index contributed by atoms with van der Waals surface area (Å²) in [6.45, 7) is 3.73. The molecule has 5 heteroatoms. The molecule has 14 heavy (non-hydrogen) atoms. The Hall–Kier alpha value is -1.10. The van der Waals surface area contributed by atoms with Gasteiger partial charge in [-0.15, -0.1) is 0 Å². The van der Waals surface area contributed by atoms with E-state index in [9.17, 15) is 14.7 Å². The monoisotopic (exact) mass is 203 g/mol. The molecule has 0 bridgehead atoms. The predicted molar refractivity (Wildman–Crippen MR) is 50.8 cm³/mol. The maximum Gasteiger partial charge on any atom is 0.312 e. The normalized spacial score (nSPS) is 11.1. The van der Waals surface area contributed by atoms with Crippen LogP contribution in [0.5, 0.6) is 0 Å². The number of aliphatic carboxylic acids is 1. The summed E-state index contributed by atoms with van der Waals surface area (Å²) in [5.41, 5.74) is -0.922. The molecule has 0 aliphatic carbocycles. The standard InChI is InChI=1S/C9H17NO4/c1-3-9(14,4-2)6-10-7(11)5-8(12)13/h14H,3-6H2,1-2H3,(H,10,11)(H,12,13). The number of carbonyl (C=O) groups excluding carboxylic acids is 1. The fourth-order valence-electron chi connectivity index (χ4n) is 0.963. The van der Waals surface area contributed by atoms with Crippen LogP contribution in [0.25, 0.3) is 0 Å². The van der Waals surface area contributed by atoms with E-state index in [2.05, 4.69) is 5.32 Å². The Bertz CT molecular complexity index is 211. The zero-order valence-electron chi connectivity index (χ0n) is 8.54. The minimum atomic E-state index is -1.17. The molecule has 0 saturated heterocycles. The molecule has 0 spiro atoms. The number of aliphatic hydroxyl groups is 1. The summed E-state index contributed by atoms with van der Waals surface area (Å²) in [6.07, 6.45) is 0.497. The summed E-state index contributed by atoms with van der Waals surface area (Å²) in [6, 6.07) is 0. The zero-order chi connectivity index (χ0) is 11.2. The molecular weight excluding hydrogens is 186 g/mol. The molecule has 0 rings (SSSR count). The van der Waals surface area contributed by atoms with Crippen LogP contribution in [-0.2, 0) is 9.59 Å². The van der Waals surface area contributed by atoms with E-state index in [1.165, 1.54) is 0 Å². The van der Waals surface area contributed by atoms with Crippen LogP contribution in [-0.4, -0.2) is 34.2 Å². The van der Waals surface area contributed by atoms with Gasteiger partial charge in [0.2, 0.25) is 5.91 Å². The van der Waals surface area contributed by atoms with Crippen molar-refractivity contribution in [3.8, 4) is 0 Å². The molecule has 0 aliphatic heterocycles. The highest BCUT2D eigenvalue weighted by molar-refractivity contribution is 5.93. The number of hydrogen-bond acceptors (Lipinski definition) is 3. The Morgan fingerprint density at radius 2 is 1.79 bits per heavy atom. The molecule has 82 valence electrons. The number of carbonyl (C=O) groups is 2.